The summed E-state index contributed by atoms with van der Waals surface area (Å²) < 4.78 is 9.06. The smallest absolute Gasteiger partial charge is 0.135 e. The molecule has 2 aromatic heterocycles. The molecule has 8 aromatic rings. The fourth-order valence-electron chi connectivity index (χ4n) is 9.73. The van der Waals surface area contributed by atoms with Crippen molar-refractivity contribution in [3.63, 3.8) is 0 Å². The van der Waals surface area contributed by atoms with Crippen LogP contribution >= 0.6 is 0 Å². The molecule has 6 heteroatoms. The standard InChI is InChI=1S/C62H65N4O.Pt/c1-58(2,3)44-26-20-27-47(36-44)64-41-65(57(60(7,8)9)56(64)59(4,5)6)48-28-21-29-49(39-48)67-50-31-32-51-52-37-45(61(10,11)42-22-16-14-17-23-42)30-33-53(52)66(54(51)40-50)55-38-46(34-35-63-55)62(12,13)43-24-18-15-19-25-43;/h14-38,41H,1-13H3;/q-3;. The predicted molar refractivity (Wildman–Crippen MR) is 280 cm³/mol. The first-order valence-electron chi connectivity index (χ1n) is 23.7. The van der Waals surface area contributed by atoms with Crippen LogP contribution in [0.1, 0.15) is 118 Å². The van der Waals surface area contributed by atoms with Gasteiger partial charge in [-0.25, -0.2) is 4.98 Å². The van der Waals surface area contributed by atoms with Crippen LogP contribution in [0.15, 0.2) is 163 Å². The Morgan fingerprint density at radius 3 is 1.66 bits per heavy atom. The third-order valence-electron chi connectivity index (χ3n) is 13.6. The number of nitrogens with zero attached hydrogens (tertiary/aromatic N) is 4. The van der Waals surface area contributed by atoms with Crippen LogP contribution < -0.4 is 14.5 Å². The van der Waals surface area contributed by atoms with Gasteiger partial charge in [-0.15, -0.1) is 48.1 Å². The third-order valence-corrected chi connectivity index (χ3v) is 13.6. The van der Waals surface area contributed by atoms with Crippen molar-refractivity contribution < 1.29 is 25.8 Å². The first-order valence-corrected chi connectivity index (χ1v) is 23.7. The van der Waals surface area contributed by atoms with E-state index in [9.17, 15) is 0 Å². The van der Waals surface area contributed by atoms with Crippen LogP contribution in [0, 0.1) is 29.6 Å². The molecular formula is C62H65N4OPt-3. The number of hydrogen-bond donors (Lipinski definition) is 0. The molecule has 1 aliphatic rings. The minimum Gasteiger partial charge on any atom is -0.509 e. The van der Waals surface area contributed by atoms with Gasteiger partial charge in [0.2, 0.25) is 0 Å². The summed E-state index contributed by atoms with van der Waals surface area (Å²) in [6.45, 7) is 32.0. The molecule has 0 N–H and O–H groups in total. The van der Waals surface area contributed by atoms with Crippen molar-refractivity contribution in [1.29, 1.82) is 0 Å². The van der Waals surface area contributed by atoms with Crippen molar-refractivity contribution in [3.05, 3.63) is 210 Å². The van der Waals surface area contributed by atoms with E-state index in [0.717, 1.165) is 39.0 Å². The zero-order valence-electron chi connectivity index (χ0n) is 42.0. The molecule has 0 unspecified atom stereocenters. The molecule has 3 heterocycles. The van der Waals surface area contributed by atoms with E-state index < -0.39 is 0 Å². The van der Waals surface area contributed by atoms with Gasteiger partial charge in [-0.05, 0) is 69.0 Å². The molecule has 0 amide bonds. The van der Waals surface area contributed by atoms with Crippen LogP contribution in [0.4, 0.5) is 11.4 Å². The van der Waals surface area contributed by atoms with Crippen molar-refractivity contribution in [2.75, 3.05) is 9.80 Å². The minimum absolute atomic E-state index is 0. The van der Waals surface area contributed by atoms with E-state index >= 15 is 0 Å². The van der Waals surface area contributed by atoms with E-state index in [-0.39, 0.29) is 48.1 Å². The second kappa shape index (κ2) is 17.9. The third kappa shape index (κ3) is 9.07. The first kappa shape index (κ1) is 48.6. The van der Waals surface area contributed by atoms with Gasteiger partial charge < -0.3 is 19.1 Å². The van der Waals surface area contributed by atoms with Gasteiger partial charge in [0, 0.05) is 83.0 Å². The maximum Gasteiger partial charge on any atom is 0.135 e. The van der Waals surface area contributed by atoms with Crippen LogP contribution in [-0.4, -0.2) is 9.55 Å². The molecule has 0 saturated carbocycles. The summed E-state index contributed by atoms with van der Waals surface area (Å²) in [5.41, 5.74) is 11.9. The number of benzene rings is 6. The van der Waals surface area contributed by atoms with Crippen LogP contribution in [0.5, 0.6) is 11.5 Å². The average molecular weight is 1080 g/mol. The summed E-state index contributed by atoms with van der Waals surface area (Å²) in [4.78, 5) is 9.75. The topological polar surface area (TPSA) is 33.5 Å². The Balaban J connectivity index is 0.00000625. The second-order valence-corrected chi connectivity index (χ2v) is 22.4. The zero-order chi connectivity index (χ0) is 47.7. The maximum atomic E-state index is 6.81. The molecule has 0 bridgehead atoms. The molecule has 0 fully saturated rings. The van der Waals surface area contributed by atoms with Crippen LogP contribution in [0.2, 0.25) is 0 Å². The molecule has 352 valence electrons. The molecule has 0 aliphatic carbocycles. The molecule has 5 nitrogen and oxygen atoms in total. The fraction of sp³-hybridized carbons (Fsp3) is 0.290. The van der Waals surface area contributed by atoms with Gasteiger partial charge in [-0.2, -0.15) is 12.1 Å². The van der Waals surface area contributed by atoms with Crippen LogP contribution in [-0.2, 0) is 37.3 Å². The number of allylic oxidation sites excluding steroid dienone is 2. The number of hydrogen-bond acceptors (Lipinski definition) is 4. The first-order chi connectivity index (χ1) is 31.6. The Morgan fingerprint density at radius 2 is 1.04 bits per heavy atom. The van der Waals surface area contributed by atoms with Crippen molar-refractivity contribution in [1.82, 2.24) is 9.55 Å². The molecule has 0 atom stereocenters. The molecular weight excluding hydrogens is 1010 g/mol. The molecule has 1 aliphatic heterocycles. The van der Waals surface area contributed by atoms with Gasteiger partial charge >= 0.3 is 0 Å². The van der Waals surface area contributed by atoms with Crippen molar-refractivity contribution in [3.8, 4) is 17.3 Å². The number of aromatic nitrogens is 2. The quantitative estimate of drug-likeness (QED) is 0.135. The average Bonchev–Trinajstić information content (AvgIpc) is 3.87. The number of ether oxygens (including phenoxy) is 1. The normalized spacial score (nSPS) is 14.0. The zero-order valence-corrected chi connectivity index (χ0v) is 44.3. The van der Waals surface area contributed by atoms with Crippen molar-refractivity contribution in [2.45, 2.75) is 106 Å². The van der Waals surface area contributed by atoms with Gasteiger partial charge in [0.1, 0.15) is 5.82 Å². The van der Waals surface area contributed by atoms with E-state index in [1.54, 1.807) is 0 Å². The predicted octanol–water partition coefficient (Wildman–Crippen LogP) is 16.3. The SMILES string of the molecule is CC(C)(C)C1=C(C(C)(C)C)N(c2cccc(C(C)(C)C)c2)[CH-]N1c1[c-]c(Oc2[c-]c3c(cc2)c2cc(C(C)(C)c4ccccc4)ccc2n3-c2cc(C(C)(C)c3ccccc3)ccn2)ccc1.[Pt]. The van der Waals surface area contributed by atoms with E-state index in [1.165, 1.54) is 39.2 Å². The van der Waals surface area contributed by atoms with Gasteiger partial charge in [0.25, 0.3) is 0 Å². The van der Waals surface area contributed by atoms with Gasteiger partial charge in [0.05, 0.1) is 0 Å². The summed E-state index contributed by atoms with van der Waals surface area (Å²) in [6, 6.07) is 59.5. The van der Waals surface area contributed by atoms with Crippen molar-refractivity contribution >= 4 is 33.2 Å². The van der Waals surface area contributed by atoms with Gasteiger partial charge in [-0.1, -0.05) is 180 Å². The number of anilines is 2. The number of fused-ring (bicyclic) bond motifs is 3. The summed E-state index contributed by atoms with van der Waals surface area (Å²) in [5, 5.41) is 2.22. The summed E-state index contributed by atoms with van der Waals surface area (Å²) in [6.07, 6.45) is 1.93. The molecule has 68 heavy (non-hydrogen) atoms. The van der Waals surface area contributed by atoms with Crippen molar-refractivity contribution in [2.24, 2.45) is 10.8 Å². The van der Waals surface area contributed by atoms with E-state index in [1.807, 2.05) is 18.3 Å². The van der Waals surface area contributed by atoms with E-state index in [4.69, 9.17) is 9.72 Å². The Morgan fingerprint density at radius 1 is 0.471 bits per heavy atom. The Kier molecular flexibility index (Phi) is 12.8. The van der Waals surface area contributed by atoms with E-state index in [0.29, 0.717) is 11.5 Å². The van der Waals surface area contributed by atoms with E-state index in [2.05, 4.69) is 257 Å². The fourth-order valence-corrected chi connectivity index (χ4v) is 9.73. The summed E-state index contributed by atoms with van der Waals surface area (Å²) >= 11 is 0. The number of pyridine rings is 1. The summed E-state index contributed by atoms with van der Waals surface area (Å²) in [7, 11) is 0. The Hall–Kier alpha value is -5.90. The minimum atomic E-state index is -0.251. The molecule has 0 saturated heterocycles. The molecule has 0 radical (unpaired) electrons. The maximum absolute atomic E-state index is 6.81. The second-order valence-electron chi connectivity index (χ2n) is 22.4. The molecule has 9 rings (SSSR count). The van der Waals surface area contributed by atoms with Gasteiger partial charge in [-0.3, -0.25) is 0 Å². The van der Waals surface area contributed by atoms with Gasteiger partial charge in [0.15, 0.2) is 0 Å². The monoisotopic (exact) mass is 1080 g/mol. The van der Waals surface area contributed by atoms with Crippen LogP contribution in [0.25, 0.3) is 27.6 Å². The molecule has 0 spiro atoms. The molecule has 6 aromatic carbocycles. The Labute approximate surface area is 420 Å². The largest absolute Gasteiger partial charge is 0.509 e. The van der Waals surface area contributed by atoms with Crippen LogP contribution in [0.3, 0.4) is 0 Å². The number of rotatable bonds is 9. The summed E-state index contributed by atoms with van der Waals surface area (Å²) in [5.74, 6) is 2.04. The Bertz CT molecular complexity index is 3140.